The highest BCUT2D eigenvalue weighted by atomic mass is 16.2. The van der Waals surface area contributed by atoms with Crippen molar-refractivity contribution < 1.29 is 4.79 Å². The van der Waals surface area contributed by atoms with Gasteiger partial charge in [-0.2, -0.15) is 0 Å². The number of amides is 1. The van der Waals surface area contributed by atoms with Gasteiger partial charge < -0.3 is 16.0 Å². The summed E-state index contributed by atoms with van der Waals surface area (Å²) in [6.45, 7) is 6.17. The smallest absolute Gasteiger partial charge is 0.224 e. The molecule has 4 atom stereocenters. The highest BCUT2D eigenvalue weighted by Gasteiger charge is 2.29. The van der Waals surface area contributed by atoms with Gasteiger partial charge in [-0.25, -0.2) is 0 Å². The normalized spacial score (nSPS) is 26.1. The van der Waals surface area contributed by atoms with Gasteiger partial charge in [-0.1, -0.05) is 44.2 Å². The van der Waals surface area contributed by atoms with Crippen LogP contribution in [0.2, 0.25) is 0 Å². The summed E-state index contributed by atoms with van der Waals surface area (Å²) in [5.41, 5.74) is 7.24. The van der Waals surface area contributed by atoms with E-state index in [0.29, 0.717) is 5.92 Å². The number of piperidine rings is 1. The minimum atomic E-state index is -0.257. The van der Waals surface area contributed by atoms with Gasteiger partial charge in [-0.05, 0) is 31.5 Å². The molecule has 1 saturated heterocycles. The van der Waals surface area contributed by atoms with Crippen LogP contribution in [-0.2, 0) is 4.79 Å². The van der Waals surface area contributed by atoms with Crippen LogP contribution >= 0.6 is 0 Å². The molecule has 1 aliphatic rings. The van der Waals surface area contributed by atoms with E-state index in [1.165, 1.54) is 0 Å². The van der Waals surface area contributed by atoms with Crippen molar-refractivity contribution in [3.05, 3.63) is 35.9 Å². The second-order valence-corrected chi connectivity index (χ2v) is 6.37. The maximum absolute atomic E-state index is 12.4. The van der Waals surface area contributed by atoms with Crippen LogP contribution in [0.1, 0.15) is 31.9 Å². The number of nitrogens with one attached hydrogen (secondary N) is 1. The highest BCUT2D eigenvalue weighted by molar-refractivity contribution is 5.79. The molecule has 2 rings (SSSR count). The number of hydrogen-bond donors (Lipinski definition) is 2. The summed E-state index contributed by atoms with van der Waals surface area (Å²) in [4.78, 5) is 14.8. The van der Waals surface area contributed by atoms with Crippen LogP contribution in [0.15, 0.2) is 30.3 Å². The molecule has 0 radical (unpaired) electrons. The van der Waals surface area contributed by atoms with Crippen molar-refractivity contribution in [3.8, 4) is 0 Å². The Morgan fingerprint density at radius 1 is 1.38 bits per heavy atom. The van der Waals surface area contributed by atoms with Crippen LogP contribution in [0, 0.1) is 11.8 Å². The van der Waals surface area contributed by atoms with Gasteiger partial charge in [-0.15, -0.1) is 0 Å². The van der Waals surface area contributed by atoms with Gasteiger partial charge >= 0.3 is 0 Å². The van der Waals surface area contributed by atoms with E-state index in [0.717, 1.165) is 25.1 Å². The van der Waals surface area contributed by atoms with Crippen molar-refractivity contribution in [2.24, 2.45) is 17.6 Å². The minimum Gasteiger partial charge on any atom is -0.353 e. The van der Waals surface area contributed by atoms with E-state index in [9.17, 15) is 4.79 Å². The molecule has 0 bridgehead atoms. The van der Waals surface area contributed by atoms with E-state index < -0.39 is 0 Å². The first-order valence-electron chi connectivity index (χ1n) is 7.78. The van der Waals surface area contributed by atoms with Gasteiger partial charge in [0.15, 0.2) is 0 Å². The monoisotopic (exact) mass is 289 g/mol. The molecule has 0 aromatic heterocycles. The van der Waals surface area contributed by atoms with Crippen LogP contribution in [0.25, 0.3) is 0 Å². The summed E-state index contributed by atoms with van der Waals surface area (Å²) in [6.07, 6.45) is 1.01. The summed E-state index contributed by atoms with van der Waals surface area (Å²) >= 11 is 0. The topological polar surface area (TPSA) is 58.4 Å². The molecule has 4 heteroatoms. The first-order chi connectivity index (χ1) is 9.99. The van der Waals surface area contributed by atoms with Gasteiger partial charge in [0.2, 0.25) is 5.91 Å². The van der Waals surface area contributed by atoms with Gasteiger partial charge in [0.1, 0.15) is 0 Å². The van der Waals surface area contributed by atoms with Crippen LogP contribution in [0.3, 0.4) is 0 Å². The van der Waals surface area contributed by atoms with Crippen molar-refractivity contribution >= 4 is 5.91 Å². The standard InChI is InChI=1S/C17H27N3O/c1-12-11-20(3)10-9-15(12)19-17(21)13(2)16(18)14-7-5-4-6-8-14/h4-8,12-13,15-16H,9-11,18H2,1-3H3,(H,19,21). The zero-order valence-electron chi connectivity index (χ0n) is 13.3. The summed E-state index contributed by atoms with van der Waals surface area (Å²) in [7, 11) is 2.13. The molecule has 1 aliphatic heterocycles. The predicted octanol–water partition coefficient (Wildman–Crippen LogP) is 1.78. The van der Waals surface area contributed by atoms with Crippen LogP contribution in [0.4, 0.5) is 0 Å². The Hall–Kier alpha value is -1.39. The predicted molar refractivity (Wildman–Crippen MR) is 85.7 cm³/mol. The zero-order valence-corrected chi connectivity index (χ0v) is 13.3. The number of carbonyl (C=O) groups is 1. The third-order valence-corrected chi connectivity index (χ3v) is 4.57. The molecule has 3 N–H and O–H groups in total. The van der Waals surface area contributed by atoms with Gasteiger partial charge in [0.25, 0.3) is 0 Å². The SMILES string of the molecule is CC1CN(C)CCC1NC(=O)C(C)C(N)c1ccccc1. The number of carbonyl (C=O) groups excluding carboxylic acids is 1. The molecule has 0 saturated carbocycles. The van der Waals surface area contributed by atoms with E-state index in [4.69, 9.17) is 5.73 Å². The van der Waals surface area contributed by atoms with E-state index >= 15 is 0 Å². The minimum absolute atomic E-state index is 0.0627. The largest absolute Gasteiger partial charge is 0.353 e. The summed E-state index contributed by atoms with van der Waals surface area (Å²) in [5.74, 6) is 0.319. The average molecular weight is 289 g/mol. The number of hydrogen-bond acceptors (Lipinski definition) is 3. The second-order valence-electron chi connectivity index (χ2n) is 6.37. The molecule has 21 heavy (non-hydrogen) atoms. The Bertz CT molecular complexity index is 462. The third kappa shape index (κ3) is 4.05. The van der Waals surface area contributed by atoms with E-state index in [2.05, 4.69) is 24.2 Å². The van der Waals surface area contributed by atoms with E-state index in [1.54, 1.807) is 0 Å². The van der Waals surface area contributed by atoms with Crippen LogP contribution < -0.4 is 11.1 Å². The Kier molecular flexibility index (Phi) is 5.37. The fourth-order valence-electron chi connectivity index (χ4n) is 3.01. The molecule has 1 aromatic carbocycles. The van der Waals surface area contributed by atoms with Gasteiger partial charge in [0.05, 0.1) is 5.92 Å². The van der Waals surface area contributed by atoms with E-state index in [-0.39, 0.29) is 23.9 Å². The lowest BCUT2D eigenvalue weighted by molar-refractivity contribution is -0.126. The Labute approximate surface area is 127 Å². The maximum Gasteiger partial charge on any atom is 0.224 e. The Balaban J connectivity index is 1.93. The summed E-state index contributed by atoms with van der Waals surface area (Å²) < 4.78 is 0. The molecule has 1 aromatic rings. The maximum atomic E-state index is 12.4. The van der Waals surface area contributed by atoms with Crippen molar-refractivity contribution in [2.45, 2.75) is 32.4 Å². The third-order valence-electron chi connectivity index (χ3n) is 4.57. The van der Waals surface area contributed by atoms with E-state index in [1.807, 2.05) is 37.3 Å². The number of benzene rings is 1. The fourth-order valence-corrected chi connectivity index (χ4v) is 3.01. The number of rotatable bonds is 4. The second kappa shape index (κ2) is 7.05. The molecular weight excluding hydrogens is 262 g/mol. The van der Waals surface area contributed by atoms with Crippen molar-refractivity contribution in [2.75, 3.05) is 20.1 Å². The fraction of sp³-hybridized carbons (Fsp3) is 0.588. The lowest BCUT2D eigenvalue weighted by Crippen LogP contribution is -2.50. The lowest BCUT2D eigenvalue weighted by atomic mass is 9.91. The van der Waals surface area contributed by atoms with Crippen molar-refractivity contribution in [3.63, 3.8) is 0 Å². The number of nitrogens with two attached hydrogens (primary N) is 1. The zero-order chi connectivity index (χ0) is 15.4. The molecule has 116 valence electrons. The first-order valence-corrected chi connectivity index (χ1v) is 7.78. The molecule has 4 unspecified atom stereocenters. The number of likely N-dealkylation sites (tertiary alicyclic amines) is 1. The molecule has 1 amide bonds. The molecule has 1 fully saturated rings. The van der Waals surface area contributed by atoms with Gasteiger partial charge in [-0.3, -0.25) is 4.79 Å². The molecule has 1 heterocycles. The summed E-state index contributed by atoms with van der Waals surface area (Å²) in [5, 5.41) is 3.19. The molecule has 4 nitrogen and oxygen atoms in total. The highest BCUT2D eigenvalue weighted by Crippen LogP contribution is 2.21. The molecule has 0 spiro atoms. The molecular formula is C17H27N3O. The van der Waals surface area contributed by atoms with Gasteiger partial charge in [0, 0.05) is 18.6 Å². The van der Waals surface area contributed by atoms with Crippen LogP contribution in [-0.4, -0.2) is 37.0 Å². The van der Waals surface area contributed by atoms with Crippen LogP contribution in [0.5, 0.6) is 0 Å². The Morgan fingerprint density at radius 2 is 2.05 bits per heavy atom. The number of nitrogens with zero attached hydrogens (tertiary/aromatic N) is 1. The summed E-state index contributed by atoms with van der Waals surface area (Å²) in [6, 6.07) is 9.84. The average Bonchev–Trinajstić information content (AvgIpc) is 2.49. The first kappa shape index (κ1) is 16.0. The Morgan fingerprint density at radius 3 is 2.67 bits per heavy atom. The quantitative estimate of drug-likeness (QED) is 0.888. The molecule has 0 aliphatic carbocycles. The van der Waals surface area contributed by atoms with Crippen molar-refractivity contribution in [1.29, 1.82) is 0 Å². The lowest BCUT2D eigenvalue weighted by Gasteiger charge is -2.36. The van der Waals surface area contributed by atoms with Crippen molar-refractivity contribution in [1.82, 2.24) is 10.2 Å².